The van der Waals surface area contributed by atoms with Gasteiger partial charge in [-0.15, -0.1) is 5.10 Å². The summed E-state index contributed by atoms with van der Waals surface area (Å²) in [5.41, 5.74) is 6.34. The van der Waals surface area contributed by atoms with Crippen molar-refractivity contribution in [3.63, 3.8) is 0 Å². The van der Waals surface area contributed by atoms with E-state index in [0.717, 1.165) is 18.1 Å². The Kier molecular flexibility index (Phi) is 6.66. The maximum absolute atomic E-state index is 5.41. The fourth-order valence-corrected chi connectivity index (χ4v) is 0.904. The predicted molar refractivity (Wildman–Crippen MR) is 60.4 cm³/mol. The summed E-state index contributed by atoms with van der Waals surface area (Å²) in [7, 11) is 1.95. The molecule has 0 bridgehead atoms. The number of anilines is 1. The molecule has 1 aromatic heterocycles. The van der Waals surface area contributed by atoms with Crippen molar-refractivity contribution in [1.82, 2.24) is 10.2 Å². The molecule has 0 aliphatic carbocycles. The molecule has 0 unspecified atom stereocenters. The quantitative estimate of drug-likeness (QED) is 0.789. The van der Waals surface area contributed by atoms with Gasteiger partial charge in [0, 0.05) is 20.1 Å². The summed E-state index contributed by atoms with van der Waals surface area (Å²) in [5, 5.41) is 7.97. The van der Waals surface area contributed by atoms with Gasteiger partial charge in [-0.05, 0) is 19.1 Å². The molecule has 14 heavy (non-hydrogen) atoms. The van der Waals surface area contributed by atoms with Gasteiger partial charge in [0.2, 0.25) is 0 Å². The molecule has 0 fully saturated rings. The van der Waals surface area contributed by atoms with Gasteiger partial charge < -0.3 is 10.6 Å². The number of aromatic nitrogens is 2. The van der Waals surface area contributed by atoms with E-state index in [4.69, 9.17) is 5.73 Å². The minimum absolute atomic E-state index is 0.631. The van der Waals surface area contributed by atoms with Crippen LogP contribution in [0.3, 0.4) is 0 Å². The minimum atomic E-state index is 0.631. The first-order valence-corrected chi connectivity index (χ1v) is 4.95. The third-order valence-electron chi connectivity index (χ3n) is 1.64. The molecule has 80 valence electrons. The number of aryl methyl sites for hydroxylation is 1. The Bertz CT molecular complexity index is 232. The molecule has 0 aliphatic rings. The van der Waals surface area contributed by atoms with Crippen molar-refractivity contribution in [3.8, 4) is 0 Å². The normalized spacial score (nSPS) is 8.93. The van der Waals surface area contributed by atoms with Crippen LogP contribution in [-0.2, 0) is 0 Å². The molecular weight excluding hydrogens is 176 g/mol. The van der Waals surface area contributed by atoms with Crippen molar-refractivity contribution in [1.29, 1.82) is 0 Å². The van der Waals surface area contributed by atoms with Crippen LogP contribution in [0.2, 0.25) is 0 Å². The lowest BCUT2D eigenvalue weighted by molar-refractivity contribution is 0.840. The van der Waals surface area contributed by atoms with Crippen LogP contribution in [-0.4, -0.2) is 30.3 Å². The zero-order valence-corrected chi connectivity index (χ0v) is 9.49. The fraction of sp³-hybridized carbons (Fsp3) is 0.600. The second-order valence-electron chi connectivity index (χ2n) is 2.74. The van der Waals surface area contributed by atoms with E-state index in [0.29, 0.717) is 6.54 Å². The van der Waals surface area contributed by atoms with E-state index in [9.17, 15) is 0 Å². The van der Waals surface area contributed by atoms with Gasteiger partial charge in [-0.2, -0.15) is 5.10 Å². The SMILES string of the molecule is CC.Cc1ccc(N(C)CCN)nn1. The Balaban J connectivity index is 0.000000791. The number of rotatable bonds is 3. The van der Waals surface area contributed by atoms with Gasteiger partial charge in [-0.3, -0.25) is 0 Å². The highest BCUT2D eigenvalue weighted by atomic mass is 15.2. The topological polar surface area (TPSA) is 55.0 Å². The minimum Gasteiger partial charge on any atom is -0.357 e. The van der Waals surface area contributed by atoms with Crippen LogP contribution in [0.15, 0.2) is 12.1 Å². The summed E-state index contributed by atoms with van der Waals surface area (Å²) in [5.74, 6) is 0.867. The molecule has 0 aromatic carbocycles. The molecular formula is C10H20N4. The molecule has 0 aliphatic heterocycles. The van der Waals surface area contributed by atoms with Gasteiger partial charge in [0.1, 0.15) is 0 Å². The van der Waals surface area contributed by atoms with Crippen LogP contribution in [0.5, 0.6) is 0 Å². The zero-order chi connectivity index (χ0) is 11.0. The van der Waals surface area contributed by atoms with E-state index in [-0.39, 0.29) is 0 Å². The first-order chi connectivity index (χ1) is 6.74. The largest absolute Gasteiger partial charge is 0.357 e. The fourth-order valence-electron chi connectivity index (χ4n) is 0.904. The van der Waals surface area contributed by atoms with Crippen molar-refractivity contribution in [2.75, 3.05) is 25.0 Å². The monoisotopic (exact) mass is 196 g/mol. The van der Waals surface area contributed by atoms with Crippen LogP contribution >= 0.6 is 0 Å². The second-order valence-corrected chi connectivity index (χ2v) is 2.74. The second kappa shape index (κ2) is 7.26. The van der Waals surface area contributed by atoms with E-state index >= 15 is 0 Å². The lowest BCUT2D eigenvalue weighted by atomic mass is 10.4. The molecule has 0 saturated carbocycles. The third kappa shape index (κ3) is 4.18. The summed E-state index contributed by atoms with van der Waals surface area (Å²) in [6.45, 7) is 7.35. The van der Waals surface area contributed by atoms with Gasteiger partial charge in [-0.25, -0.2) is 0 Å². The van der Waals surface area contributed by atoms with Crippen molar-refractivity contribution < 1.29 is 0 Å². The van der Waals surface area contributed by atoms with Crippen molar-refractivity contribution in [2.24, 2.45) is 5.73 Å². The summed E-state index contributed by atoms with van der Waals surface area (Å²) in [6, 6.07) is 3.88. The summed E-state index contributed by atoms with van der Waals surface area (Å²) >= 11 is 0. The van der Waals surface area contributed by atoms with Crippen molar-refractivity contribution >= 4 is 5.82 Å². The number of nitrogens with two attached hydrogens (primary N) is 1. The van der Waals surface area contributed by atoms with Crippen LogP contribution in [0, 0.1) is 6.92 Å². The van der Waals surface area contributed by atoms with E-state index < -0.39 is 0 Å². The summed E-state index contributed by atoms with van der Waals surface area (Å²) in [4.78, 5) is 1.98. The molecule has 1 aromatic rings. The first kappa shape index (κ1) is 12.8. The van der Waals surface area contributed by atoms with Gasteiger partial charge in [-0.1, -0.05) is 13.8 Å². The average Bonchev–Trinajstić information content (AvgIpc) is 2.22. The molecule has 1 heterocycles. The van der Waals surface area contributed by atoms with Crippen LogP contribution < -0.4 is 10.6 Å². The summed E-state index contributed by atoms with van der Waals surface area (Å²) < 4.78 is 0. The van der Waals surface area contributed by atoms with Crippen LogP contribution in [0.4, 0.5) is 5.82 Å². The predicted octanol–water partition coefficient (Wildman–Crippen LogP) is 1.21. The Morgan fingerprint density at radius 1 is 1.29 bits per heavy atom. The highest BCUT2D eigenvalue weighted by Crippen LogP contribution is 2.05. The highest BCUT2D eigenvalue weighted by Gasteiger charge is 1.99. The Labute approximate surface area is 86.1 Å². The van der Waals surface area contributed by atoms with Crippen molar-refractivity contribution in [2.45, 2.75) is 20.8 Å². The highest BCUT2D eigenvalue weighted by molar-refractivity contribution is 5.35. The Hall–Kier alpha value is -1.16. The van der Waals surface area contributed by atoms with Crippen LogP contribution in [0.25, 0.3) is 0 Å². The van der Waals surface area contributed by atoms with Gasteiger partial charge in [0.05, 0.1) is 5.69 Å². The molecule has 0 amide bonds. The van der Waals surface area contributed by atoms with Crippen LogP contribution in [0.1, 0.15) is 19.5 Å². The smallest absolute Gasteiger partial charge is 0.151 e. The molecule has 0 radical (unpaired) electrons. The van der Waals surface area contributed by atoms with E-state index in [2.05, 4.69) is 10.2 Å². The average molecular weight is 196 g/mol. The maximum Gasteiger partial charge on any atom is 0.151 e. The lowest BCUT2D eigenvalue weighted by Crippen LogP contribution is -2.25. The van der Waals surface area contributed by atoms with E-state index in [1.165, 1.54) is 0 Å². The Morgan fingerprint density at radius 3 is 2.36 bits per heavy atom. The first-order valence-electron chi connectivity index (χ1n) is 4.95. The van der Waals surface area contributed by atoms with Gasteiger partial charge >= 0.3 is 0 Å². The molecule has 4 nitrogen and oxygen atoms in total. The molecule has 4 heteroatoms. The van der Waals surface area contributed by atoms with E-state index in [1.807, 2.05) is 44.9 Å². The molecule has 0 saturated heterocycles. The van der Waals surface area contributed by atoms with Crippen molar-refractivity contribution in [3.05, 3.63) is 17.8 Å². The summed E-state index contributed by atoms with van der Waals surface area (Å²) in [6.07, 6.45) is 0. The molecule has 0 atom stereocenters. The number of nitrogens with zero attached hydrogens (tertiary/aromatic N) is 3. The number of likely N-dealkylation sites (N-methyl/N-ethyl adjacent to an activating group) is 1. The standard InChI is InChI=1S/C8H14N4.C2H6/c1-7-3-4-8(11-10-7)12(2)6-5-9;1-2/h3-4H,5-6,9H2,1-2H3;1-2H3. The Morgan fingerprint density at radius 2 is 1.93 bits per heavy atom. The number of hydrogen-bond donors (Lipinski definition) is 1. The maximum atomic E-state index is 5.41. The number of hydrogen-bond acceptors (Lipinski definition) is 4. The van der Waals surface area contributed by atoms with Gasteiger partial charge in [0.15, 0.2) is 5.82 Å². The zero-order valence-electron chi connectivity index (χ0n) is 9.49. The lowest BCUT2D eigenvalue weighted by Gasteiger charge is -2.15. The van der Waals surface area contributed by atoms with E-state index in [1.54, 1.807) is 0 Å². The molecule has 1 rings (SSSR count). The molecule has 0 spiro atoms. The molecule has 2 N–H and O–H groups in total. The van der Waals surface area contributed by atoms with Gasteiger partial charge in [0.25, 0.3) is 0 Å². The third-order valence-corrected chi connectivity index (χ3v) is 1.64.